The minimum atomic E-state index is -0.403. The van der Waals surface area contributed by atoms with E-state index in [2.05, 4.69) is 20.5 Å². The first kappa shape index (κ1) is 22.4. The number of aliphatic imine (C=N–C) groups is 1. The maximum atomic E-state index is 10.9. The van der Waals surface area contributed by atoms with Crippen LogP contribution in [0, 0.1) is 10.1 Å². The minimum Gasteiger partial charge on any atom is -0.379 e. The number of para-hydroxylation sites is 2. The lowest BCUT2D eigenvalue weighted by molar-refractivity contribution is -0.384. The van der Waals surface area contributed by atoms with Gasteiger partial charge in [-0.15, -0.1) is 24.0 Å². The number of nitrogens with two attached hydrogens (primary N) is 1. The van der Waals surface area contributed by atoms with Crippen molar-refractivity contribution in [1.82, 2.24) is 10.2 Å². The molecule has 2 rings (SSSR count). The summed E-state index contributed by atoms with van der Waals surface area (Å²) in [7, 11) is 0. The average Bonchev–Trinajstić information content (AvgIpc) is 2.63. The van der Waals surface area contributed by atoms with E-state index in [1.165, 1.54) is 6.07 Å². The van der Waals surface area contributed by atoms with E-state index in [4.69, 9.17) is 10.5 Å². The molecule has 1 aromatic carbocycles. The normalized spacial score (nSPS) is 15.2. The lowest BCUT2D eigenvalue weighted by atomic mass is 10.2. The van der Waals surface area contributed by atoms with Crippen molar-refractivity contribution in [3.05, 3.63) is 34.4 Å². The van der Waals surface area contributed by atoms with Gasteiger partial charge >= 0.3 is 0 Å². The van der Waals surface area contributed by atoms with Crippen molar-refractivity contribution in [3.8, 4) is 0 Å². The first-order valence-electron chi connectivity index (χ1n) is 8.48. The van der Waals surface area contributed by atoms with Crippen LogP contribution in [0.5, 0.6) is 0 Å². The molecule has 9 nitrogen and oxygen atoms in total. The first-order chi connectivity index (χ1) is 12.2. The largest absolute Gasteiger partial charge is 0.379 e. The monoisotopic (exact) mass is 478 g/mol. The Bertz CT molecular complexity index is 581. The quantitative estimate of drug-likeness (QED) is 0.122. The topological polar surface area (TPSA) is 118 Å². The van der Waals surface area contributed by atoms with Crippen molar-refractivity contribution in [2.45, 2.75) is 6.42 Å². The predicted molar refractivity (Wildman–Crippen MR) is 113 cm³/mol. The Kier molecular flexibility index (Phi) is 10.9. The van der Waals surface area contributed by atoms with Gasteiger partial charge < -0.3 is 21.1 Å². The van der Waals surface area contributed by atoms with E-state index in [0.717, 1.165) is 39.3 Å². The highest BCUT2D eigenvalue weighted by Crippen LogP contribution is 2.22. The Morgan fingerprint density at radius 1 is 1.31 bits per heavy atom. The number of benzene rings is 1. The number of anilines is 1. The summed E-state index contributed by atoms with van der Waals surface area (Å²) >= 11 is 0. The third-order valence-electron chi connectivity index (χ3n) is 3.87. The number of nitro benzene ring substituents is 1. The molecule has 0 radical (unpaired) electrons. The van der Waals surface area contributed by atoms with E-state index < -0.39 is 4.92 Å². The molecule has 0 spiro atoms. The van der Waals surface area contributed by atoms with E-state index in [1.807, 2.05) is 0 Å². The number of nitrogens with zero attached hydrogens (tertiary/aromatic N) is 3. The zero-order valence-corrected chi connectivity index (χ0v) is 17.1. The molecule has 10 heteroatoms. The molecule has 1 heterocycles. The van der Waals surface area contributed by atoms with Gasteiger partial charge in [0.2, 0.25) is 0 Å². The van der Waals surface area contributed by atoms with Crippen molar-refractivity contribution in [3.63, 3.8) is 0 Å². The molecule has 0 amide bonds. The van der Waals surface area contributed by atoms with Gasteiger partial charge in [0.1, 0.15) is 5.69 Å². The number of rotatable bonds is 9. The Morgan fingerprint density at radius 3 is 2.77 bits per heavy atom. The summed E-state index contributed by atoms with van der Waals surface area (Å²) in [5, 5.41) is 17.0. The van der Waals surface area contributed by atoms with Gasteiger partial charge in [-0.1, -0.05) is 12.1 Å². The van der Waals surface area contributed by atoms with E-state index in [9.17, 15) is 10.1 Å². The number of morpholine rings is 1. The highest BCUT2D eigenvalue weighted by atomic mass is 127. The molecule has 1 aliphatic heterocycles. The van der Waals surface area contributed by atoms with Gasteiger partial charge in [0.15, 0.2) is 5.96 Å². The Balaban J connectivity index is 0.00000338. The standard InChI is InChI=1S/C16H26N6O3.HI/c17-16(19-6-3-9-21-10-12-25-13-11-21)20-8-7-18-14-4-1-2-5-15(14)22(23)24;/h1-2,4-5,18H,3,6-13H2,(H3,17,19,20);1H. The van der Waals surface area contributed by atoms with Crippen molar-refractivity contribution in [2.75, 3.05) is 57.8 Å². The van der Waals surface area contributed by atoms with Crippen LogP contribution in [0.3, 0.4) is 0 Å². The molecule has 0 unspecified atom stereocenters. The van der Waals surface area contributed by atoms with Gasteiger partial charge in [-0.25, -0.2) is 0 Å². The van der Waals surface area contributed by atoms with E-state index in [-0.39, 0.29) is 29.7 Å². The van der Waals surface area contributed by atoms with Gasteiger partial charge in [-0.05, 0) is 12.5 Å². The molecule has 1 aliphatic rings. The Labute approximate surface area is 170 Å². The summed E-state index contributed by atoms with van der Waals surface area (Å²) in [5.74, 6) is 0.395. The van der Waals surface area contributed by atoms with Crippen LogP contribution >= 0.6 is 24.0 Å². The van der Waals surface area contributed by atoms with Crippen LogP contribution in [0.15, 0.2) is 29.3 Å². The summed E-state index contributed by atoms with van der Waals surface area (Å²) in [6.07, 6.45) is 0.955. The van der Waals surface area contributed by atoms with Crippen molar-refractivity contribution in [1.29, 1.82) is 0 Å². The molecule has 4 N–H and O–H groups in total. The van der Waals surface area contributed by atoms with Gasteiger partial charge in [0.05, 0.1) is 18.1 Å². The van der Waals surface area contributed by atoms with Crippen LogP contribution in [-0.4, -0.2) is 68.3 Å². The second-order valence-corrected chi connectivity index (χ2v) is 5.70. The third-order valence-corrected chi connectivity index (χ3v) is 3.87. The Hall–Kier alpha value is -1.66. The maximum Gasteiger partial charge on any atom is 0.292 e. The van der Waals surface area contributed by atoms with Crippen LogP contribution < -0.4 is 16.4 Å². The zero-order valence-electron chi connectivity index (χ0n) is 14.7. The molecule has 0 aromatic heterocycles. The van der Waals surface area contributed by atoms with Gasteiger partial charge in [0, 0.05) is 45.3 Å². The first-order valence-corrected chi connectivity index (χ1v) is 8.48. The van der Waals surface area contributed by atoms with Gasteiger partial charge in [-0.2, -0.15) is 0 Å². The van der Waals surface area contributed by atoms with Crippen LogP contribution in [0.25, 0.3) is 0 Å². The molecule has 146 valence electrons. The zero-order chi connectivity index (χ0) is 17.9. The highest BCUT2D eigenvalue weighted by molar-refractivity contribution is 14.0. The van der Waals surface area contributed by atoms with Gasteiger partial charge in [-0.3, -0.25) is 20.0 Å². The third kappa shape index (κ3) is 8.15. The fraction of sp³-hybridized carbons (Fsp3) is 0.562. The number of ether oxygens (including phenoxy) is 1. The van der Waals surface area contributed by atoms with Crippen molar-refractivity contribution >= 4 is 41.3 Å². The van der Waals surface area contributed by atoms with Crippen molar-refractivity contribution < 1.29 is 9.66 Å². The summed E-state index contributed by atoms with van der Waals surface area (Å²) in [5.41, 5.74) is 6.38. The van der Waals surface area contributed by atoms with Crippen LogP contribution in [0.1, 0.15) is 6.42 Å². The molecule has 1 aromatic rings. The lowest BCUT2D eigenvalue weighted by Crippen LogP contribution is -2.37. The molecule has 1 saturated heterocycles. The number of nitro groups is 1. The van der Waals surface area contributed by atoms with Gasteiger partial charge in [0.25, 0.3) is 5.69 Å². The second kappa shape index (κ2) is 12.7. The van der Waals surface area contributed by atoms with Crippen LogP contribution in [0.2, 0.25) is 0 Å². The average molecular weight is 478 g/mol. The molecule has 0 atom stereocenters. The van der Waals surface area contributed by atoms with E-state index in [0.29, 0.717) is 31.3 Å². The fourth-order valence-electron chi connectivity index (χ4n) is 2.54. The van der Waals surface area contributed by atoms with E-state index >= 15 is 0 Å². The molecule has 26 heavy (non-hydrogen) atoms. The minimum absolute atomic E-state index is 0. The molecule has 0 aliphatic carbocycles. The summed E-state index contributed by atoms with van der Waals surface area (Å²) < 4.78 is 5.31. The number of nitrogens with one attached hydrogen (secondary N) is 2. The number of hydrogen-bond acceptors (Lipinski definition) is 6. The number of halogens is 1. The van der Waals surface area contributed by atoms with E-state index in [1.54, 1.807) is 18.2 Å². The molecule has 0 bridgehead atoms. The highest BCUT2D eigenvalue weighted by Gasteiger charge is 2.11. The molecular weight excluding hydrogens is 451 g/mol. The maximum absolute atomic E-state index is 10.9. The van der Waals surface area contributed by atoms with Crippen LogP contribution in [0.4, 0.5) is 11.4 Å². The summed E-state index contributed by atoms with van der Waals surface area (Å²) in [4.78, 5) is 17.2. The smallest absolute Gasteiger partial charge is 0.292 e. The fourth-order valence-corrected chi connectivity index (χ4v) is 2.54. The number of guanidine groups is 1. The number of hydrogen-bond donors (Lipinski definition) is 3. The predicted octanol–water partition coefficient (Wildman–Crippen LogP) is 1.25. The molecule has 1 fully saturated rings. The molecule has 0 saturated carbocycles. The van der Waals surface area contributed by atoms with Crippen molar-refractivity contribution in [2.24, 2.45) is 10.7 Å². The Morgan fingerprint density at radius 2 is 2.04 bits per heavy atom. The second-order valence-electron chi connectivity index (χ2n) is 5.70. The summed E-state index contributed by atoms with van der Waals surface area (Å²) in [6.45, 7) is 6.29. The lowest BCUT2D eigenvalue weighted by Gasteiger charge is -2.26. The van der Waals surface area contributed by atoms with Crippen LogP contribution in [-0.2, 0) is 4.74 Å². The summed E-state index contributed by atoms with van der Waals surface area (Å²) in [6, 6.07) is 6.55. The SMILES string of the molecule is I.NC(=NCCCN1CCOCC1)NCCNc1ccccc1[N+](=O)[O-]. The molecular formula is C16H27IN6O3.